The molecule has 0 fully saturated rings. The zero-order valence-electron chi connectivity index (χ0n) is 12.8. The lowest BCUT2D eigenvalue weighted by Gasteiger charge is -2.07. The van der Waals surface area contributed by atoms with Gasteiger partial charge in [-0.15, -0.1) is 0 Å². The topological polar surface area (TPSA) is 70.2 Å². The molecule has 0 aliphatic carbocycles. The number of nitrogens with zero attached hydrogens (tertiary/aromatic N) is 3. The van der Waals surface area contributed by atoms with Crippen LogP contribution in [0.3, 0.4) is 0 Å². The lowest BCUT2D eigenvalue weighted by Crippen LogP contribution is -2.04. The number of hydrogen-bond donors (Lipinski definition) is 0. The summed E-state index contributed by atoms with van der Waals surface area (Å²) in [6.45, 7) is 0. The zero-order valence-corrected chi connectivity index (χ0v) is 12.8. The molecule has 1 aromatic carbocycles. The molecule has 4 aromatic rings. The third-order valence-electron chi connectivity index (χ3n) is 3.71. The van der Waals surface area contributed by atoms with Gasteiger partial charge < -0.3 is 9.15 Å². The molecule has 3 heterocycles. The standard InChI is InChI=1S/C18H13N3O3/c1-23-18(22)14-7-8-15-16(19-14)20-17(12-9-10-24-11-12)21(15)13-5-3-2-4-6-13/h2-11H,1H3. The second kappa shape index (κ2) is 5.66. The Balaban J connectivity index is 2.00. The molecule has 0 saturated heterocycles. The minimum Gasteiger partial charge on any atom is -0.472 e. The molecule has 0 bridgehead atoms. The quantitative estimate of drug-likeness (QED) is 0.541. The highest BCUT2D eigenvalue weighted by atomic mass is 16.5. The minimum absolute atomic E-state index is 0.224. The highest BCUT2D eigenvalue weighted by Crippen LogP contribution is 2.28. The number of aromatic nitrogens is 3. The van der Waals surface area contributed by atoms with Crippen molar-refractivity contribution in [3.05, 3.63) is 66.8 Å². The fourth-order valence-electron chi connectivity index (χ4n) is 2.60. The molecule has 0 amide bonds. The van der Waals surface area contributed by atoms with Gasteiger partial charge in [0.05, 0.1) is 24.5 Å². The number of benzene rings is 1. The second-order valence-corrected chi connectivity index (χ2v) is 5.15. The van der Waals surface area contributed by atoms with Crippen molar-refractivity contribution in [1.29, 1.82) is 0 Å². The molecule has 3 aromatic heterocycles. The van der Waals surface area contributed by atoms with Crippen LogP contribution in [-0.2, 0) is 4.74 Å². The van der Waals surface area contributed by atoms with Gasteiger partial charge in [0.25, 0.3) is 0 Å². The number of methoxy groups -OCH3 is 1. The van der Waals surface area contributed by atoms with Crippen LogP contribution in [0.1, 0.15) is 10.5 Å². The molecule has 0 radical (unpaired) electrons. The summed E-state index contributed by atoms with van der Waals surface area (Å²) in [6, 6.07) is 15.1. The number of imidazole rings is 1. The molecule has 4 rings (SSSR count). The van der Waals surface area contributed by atoms with E-state index in [0.29, 0.717) is 11.5 Å². The van der Waals surface area contributed by atoms with Crippen LogP contribution in [0, 0.1) is 0 Å². The van der Waals surface area contributed by atoms with Crippen molar-refractivity contribution in [3.63, 3.8) is 0 Å². The fraction of sp³-hybridized carbons (Fsp3) is 0.0556. The maximum absolute atomic E-state index is 11.7. The average Bonchev–Trinajstić information content (AvgIpc) is 3.28. The number of rotatable bonds is 3. The molecule has 118 valence electrons. The van der Waals surface area contributed by atoms with Gasteiger partial charge in [-0.05, 0) is 30.3 Å². The first-order valence-corrected chi connectivity index (χ1v) is 7.34. The predicted molar refractivity (Wildman–Crippen MR) is 87.9 cm³/mol. The van der Waals surface area contributed by atoms with Crippen molar-refractivity contribution < 1.29 is 13.9 Å². The summed E-state index contributed by atoms with van der Waals surface area (Å²) in [5.74, 6) is 0.204. The number of esters is 1. The Morgan fingerprint density at radius 3 is 2.62 bits per heavy atom. The van der Waals surface area contributed by atoms with Crippen molar-refractivity contribution in [2.75, 3.05) is 7.11 Å². The molecule has 0 unspecified atom stereocenters. The highest BCUT2D eigenvalue weighted by molar-refractivity contribution is 5.90. The lowest BCUT2D eigenvalue weighted by molar-refractivity contribution is 0.0594. The molecule has 0 aliphatic rings. The van der Waals surface area contributed by atoms with Crippen LogP contribution < -0.4 is 0 Å². The van der Waals surface area contributed by atoms with E-state index >= 15 is 0 Å². The Labute approximate surface area is 137 Å². The van der Waals surface area contributed by atoms with E-state index in [9.17, 15) is 4.79 Å². The third kappa shape index (κ3) is 2.25. The van der Waals surface area contributed by atoms with Crippen LogP contribution in [0.25, 0.3) is 28.2 Å². The predicted octanol–water partition coefficient (Wildman–Crippen LogP) is 3.47. The molecule has 0 saturated carbocycles. The third-order valence-corrected chi connectivity index (χ3v) is 3.71. The number of para-hydroxylation sites is 1. The van der Waals surface area contributed by atoms with E-state index in [1.165, 1.54) is 7.11 Å². The van der Waals surface area contributed by atoms with Crippen molar-refractivity contribution in [2.24, 2.45) is 0 Å². The average molecular weight is 319 g/mol. The van der Waals surface area contributed by atoms with Gasteiger partial charge in [0, 0.05) is 5.69 Å². The molecule has 0 spiro atoms. The zero-order chi connectivity index (χ0) is 16.5. The number of ether oxygens (including phenoxy) is 1. The van der Waals surface area contributed by atoms with Gasteiger partial charge in [0.2, 0.25) is 0 Å². The SMILES string of the molecule is COC(=O)c1ccc2c(n1)nc(-c1ccoc1)n2-c1ccccc1. The second-order valence-electron chi connectivity index (χ2n) is 5.15. The van der Waals surface area contributed by atoms with Crippen LogP contribution >= 0.6 is 0 Å². The molecular weight excluding hydrogens is 306 g/mol. The van der Waals surface area contributed by atoms with Gasteiger partial charge in [-0.2, -0.15) is 0 Å². The Bertz CT molecular complexity index is 1000. The van der Waals surface area contributed by atoms with E-state index < -0.39 is 5.97 Å². The normalized spacial score (nSPS) is 10.9. The van der Waals surface area contributed by atoms with Gasteiger partial charge in [0.1, 0.15) is 6.26 Å². The van der Waals surface area contributed by atoms with E-state index in [-0.39, 0.29) is 5.69 Å². The number of hydrogen-bond acceptors (Lipinski definition) is 5. The van der Waals surface area contributed by atoms with Gasteiger partial charge in [-0.1, -0.05) is 18.2 Å². The van der Waals surface area contributed by atoms with Crippen LogP contribution in [0.2, 0.25) is 0 Å². The number of fused-ring (bicyclic) bond motifs is 1. The maximum Gasteiger partial charge on any atom is 0.356 e. The summed E-state index contributed by atoms with van der Waals surface area (Å²) in [5.41, 5.74) is 3.27. The van der Waals surface area contributed by atoms with E-state index in [0.717, 1.165) is 16.8 Å². The van der Waals surface area contributed by atoms with E-state index in [2.05, 4.69) is 9.97 Å². The fourth-order valence-corrected chi connectivity index (χ4v) is 2.60. The Morgan fingerprint density at radius 1 is 1.08 bits per heavy atom. The van der Waals surface area contributed by atoms with Crippen molar-refractivity contribution in [3.8, 4) is 17.1 Å². The first kappa shape index (κ1) is 14.2. The van der Waals surface area contributed by atoms with Crippen molar-refractivity contribution in [1.82, 2.24) is 14.5 Å². The minimum atomic E-state index is -0.490. The number of furan rings is 1. The first-order chi connectivity index (χ1) is 11.8. The first-order valence-electron chi connectivity index (χ1n) is 7.34. The molecule has 24 heavy (non-hydrogen) atoms. The maximum atomic E-state index is 11.7. The number of pyridine rings is 1. The summed E-state index contributed by atoms with van der Waals surface area (Å²) in [4.78, 5) is 20.6. The van der Waals surface area contributed by atoms with E-state index in [4.69, 9.17) is 9.15 Å². The molecule has 6 heteroatoms. The molecular formula is C18H13N3O3. The highest BCUT2D eigenvalue weighted by Gasteiger charge is 2.18. The summed E-state index contributed by atoms with van der Waals surface area (Å²) in [6.07, 6.45) is 3.22. The monoisotopic (exact) mass is 319 g/mol. The number of carbonyl (C=O) groups is 1. The molecule has 6 nitrogen and oxygen atoms in total. The van der Waals surface area contributed by atoms with Crippen LogP contribution in [0.4, 0.5) is 0 Å². The van der Waals surface area contributed by atoms with E-state index in [1.54, 1.807) is 18.6 Å². The van der Waals surface area contributed by atoms with E-state index in [1.807, 2.05) is 47.0 Å². The van der Waals surface area contributed by atoms with Crippen LogP contribution in [-0.4, -0.2) is 27.6 Å². The Kier molecular flexibility index (Phi) is 3.35. The van der Waals surface area contributed by atoms with Gasteiger partial charge >= 0.3 is 5.97 Å². The summed E-state index contributed by atoms with van der Waals surface area (Å²) in [7, 11) is 1.33. The lowest BCUT2D eigenvalue weighted by atomic mass is 10.2. The summed E-state index contributed by atoms with van der Waals surface area (Å²) in [5, 5.41) is 0. The largest absolute Gasteiger partial charge is 0.472 e. The summed E-state index contributed by atoms with van der Waals surface area (Å²) >= 11 is 0. The molecule has 0 N–H and O–H groups in total. The number of carbonyl (C=O) groups excluding carboxylic acids is 1. The van der Waals surface area contributed by atoms with Crippen molar-refractivity contribution in [2.45, 2.75) is 0 Å². The smallest absolute Gasteiger partial charge is 0.356 e. The molecule has 0 atom stereocenters. The van der Waals surface area contributed by atoms with Gasteiger partial charge in [0.15, 0.2) is 17.2 Å². The summed E-state index contributed by atoms with van der Waals surface area (Å²) < 4.78 is 11.9. The van der Waals surface area contributed by atoms with Crippen LogP contribution in [0.5, 0.6) is 0 Å². The Morgan fingerprint density at radius 2 is 1.92 bits per heavy atom. The van der Waals surface area contributed by atoms with Gasteiger partial charge in [-0.3, -0.25) is 4.57 Å². The Hall–Kier alpha value is -3.41. The molecule has 0 aliphatic heterocycles. The van der Waals surface area contributed by atoms with Gasteiger partial charge in [-0.25, -0.2) is 14.8 Å². The van der Waals surface area contributed by atoms with Crippen molar-refractivity contribution >= 4 is 17.1 Å². The van der Waals surface area contributed by atoms with Crippen LogP contribution in [0.15, 0.2) is 65.5 Å².